The number of hydrogen-bond acceptors (Lipinski definition) is 3. The SMILES string of the molecule is CCCC1CNC(C)(C2CC2)CN1CCn1ccnc1C. The van der Waals surface area contributed by atoms with Crippen LogP contribution in [0.3, 0.4) is 0 Å². The zero-order chi connectivity index (χ0) is 14.9. The third-order valence-electron chi connectivity index (χ3n) is 5.44. The quantitative estimate of drug-likeness (QED) is 0.873. The number of hydrogen-bond donors (Lipinski definition) is 1. The van der Waals surface area contributed by atoms with Crippen LogP contribution in [0.4, 0.5) is 0 Å². The molecule has 1 aliphatic carbocycles. The van der Waals surface area contributed by atoms with Gasteiger partial charge in [-0.15, -0.1) is 0 Å². The first-order chi connectivity index (χ1) is 10.1. The van der Waals surface area contributed by atoms with Gasteiger partial charge in [-0.1, -0.05) is 13.3 Å². The molecule has 0 radical (unpaired) electrons. The van der Waals surface area contributed by atoms with Crippen molar-refractivity contribution in [1.82, 2.24) is 19.8 Å². The van der Waals surface area contributed by atoms with Crippen LogP contribution in [0.15, 0.2) is 12.4 Å². The molecule has 0 amide bonds. The van der Waals surface area contributed by atoms with Gasteiger partial charge in [0.2, 0.25) is 0 Å². The van der Waals surface area contributed by atoms with Gasteiger partial charge in [0, 0.05) is 50.2 Å². The molecule has 4 heteroatoms. The number of imidazole rings is 1. The van der Waals surface area contributed by atoms with Crippen LogP contribution < -0.4 is 5.32 Å². The molecule has 2 aliphatic rings. The van der Waals surface area contributed by atoms with Gasteiger partial charge in [0.1, 0.15) is 5.82 Å². The third-order valence-corrected chi connectivity index (χ3v) is 5.44. The molecule has 0 bridgehead atoms. The highest BCUT2D eigenvalue weighted by Gasteiger charge is 2.45. The molecule has 2 unspecified atom stereocenters. The summed E-state index contributed by atoms with van der Waals surface area (Å²) in [6.07, 6.45) is 9.41. The monoisotopic (exact) mass is 290 g/mol. The van der Waals surface area contributed by atoms with Gasteiger partial charge in [-0.25, -0.2) is 4.98 Å². The molecule has 3 rings (SSSR count). The largest absolute Gasteiger partial charge is 0.334 e. The Bertz CT molecular complexity index is 465. The van der Waals surface area contributed by atoms with Crippen molar-refractivity contribution in [3.8, 4) is 0 Å². The van der Waals surface area contributed by atoms with Crippen molar-refractivity contribution in [3.63, 3.8) is 0 Å². The minimum absolute atomic E-state index is 0.341. The van der Waals surface area contributed by atoms with E-state index in [2.05, 4.69) is 46.7 Å². The molecule has 4 nitrogen and oxygen atoms in total. The van der Waals surface area contributed by atoms with Crippen LogP contribution in [-0.2, 0) is 6.54 Å². The third kappa shape index (κ3) is 3.32. The molecule has 0 spiro atoms. The maximum atomic E-state index is 4.33. The Morgan fingerprint density at radius 3 is 2.81 bits per heavy atom. The summed E-state index contributed by atoms with van der Waals surface area (Å²) in [5, 5.41) is 3.87. The number of nitrogens with zero attached hydrogens (tertiary/aromatic N) is 3. The van der Waals surface area contributed by atoms with Crippen molar-refractivity contribution >= 4 is 0 Å². The zero-order valence-electron chi connectivity index (χ0n) is 13.8. The van der Waals surface area contributed by atoms with E-state index in [1.54, 1.807) is 0 Å². The predicted octanol–water partition coefficient (Wildman–Crippen LogP) is 2.43. The van der Waals surface area contributed by atoms with E-state index in [9.17, 15) is 0 Å². The lowest BCUT2D eigenvalue weighted by Gasteiger charge is -2.47. The normalized spacial score (nSPS) is 30.7. The summed E-state index contributed by atoms with van der Waals surface area (Å²) < 4.78 is 2.28. The summed E-state index contributed by atoms with van der Waals surface area (Å²) >= 11 is 0. The zero-order valence-corrected chi connectivity index (χ0v) is 13.8. The number of rotatable bonds is 6. The first kappa shape index (κ1) is 15.0. The fourth-order valence-electron chi connectivity index (χ4n) is 3.84. The lowest BCUT2D eigenvalue weighted by Crippen LogP contribution is -2.64. The summed E-state index contributed by atoms with van der Waals surface area (Å²) in [5.41, 5.74) is 0.341. The van der Waals surface area contributed by atoms with Gasteiger partial charge in [0.15, 0.2) is 0 Å². The van der Waals surface area contributed by atoms with Crippen LogP contribution in [0.25, 0.3) is 0 Å². The minimum Gasteiger partial charge on any atom is -0.334 e. The molecule has 118 valence electrons. The molecule has 21 heavy (non-hydrogen) atoms. The van der Waals surface area contributed by atoms with Crippen LogP contribution >= 0.6 is 0 Å². The topological polar surface area (TPSA) is 33.1 Å². The molecule has 0 aromatic carbocycles. The van der Waals surface area contributed by atoms with Crippen LogP contribution in [0, 0.1) is 12.8 Å². The van der Waals surface area contributed by atoms with Crippen molar-refractivity contribution in [1.29, 1.82) is 0 Å². The van der Waals surface area contributed by atoms with Gasteiger partial charge < -0.3 is 9.88 Å². The van der Waals surface area contributed by atoms with E-state index < -0.39 is 0 Å². The van der Waals surface area contributed by atoms with Crippen molar-refractivity contribution < 1.29 is 0 Å². The van der Waals surface area contributed by atoms with E-state index in [1.165, 1.54) is 32.2 Å². The van der Waals surface area contributed by atoms with Crippen LogP contribution in [0.1, 0.15) is 45.4 Å². The molecule has 1 aromatic heterocycles. The standard InChI is InChI=1S/C17H30N4/c1-4-5-16-12-19-17(3,15-6-7-15)13-21(16)11-10-20-9-8-18-14(20)2/h8-9,15-16,19H,4-7,10-13H2,1-3H3. The summed E-state index contributed by atoms with van der Waals surface area (Å²) in [5.74, 6) is 2.03. The highest BCUT2D eigenvalue weighted by Crippen LogP contribution is 2.41. The number of piperazine rings is 1. The first-order valence-corrected chi connectivity index (χ1v) is 8.59. The summed E-state index contributed by atoms with van der Waals surface area (Å²) in [6.45, 7) is 11.4. The summed E-state index contributed by atoms with van der Waals surface area (Å²) in [4.78, 5) is 7.07. The number of aromatic nitrogens is 2. The van der Waals surface area contributed by atoms with Gasteiger partial charge in [-0.2, -0.15) is 0 Å². The Hall–Kier alpha value is -0.870. The van der Waals surface area contributed by atoms with Crippen LogP contribution in [0.2, 0.25) is 0 Å². The maximum absolute atomic E-state index is 4.33. The second-order valence-corrected chi connectivity index (χ2v) is 7.15. The van der Waals surface area contributed by atoms with Gasteiger partial charge in [0.25, 0.3) is 0 Å². The lowest BCUT2D eigenvalue weighted by atomic mass is 9.90. The van der Waals surface area contributed by atoms with Crippen molar-refractivity contribution in [2.75, 3.05) is 19.6 Å². The highest BCUT2D eigenvalue weighted by molar-refractivity contribution is 5.04. The molecule has 2 atom stereocenters. The van der Waals surface area contributed by atoms with E-state index in [1.807, 2.05) is 6.20 Å². The Morgan fingerprint density at radius 2 is 2.19 bits per heavy atom. The fraction of sp³-hybridized carbons (Fsp3) is 0.824. The molecule has 1 saturated carbocycles. The first-order valence-electron chi connectivity index (χ1n) is 8.59. The highest BCUT2D eigenvalue weighted by atomic mass is 15.3. The van der Waals surface area contributed by atoms with Crippen molar-refractivity contribution in [3.05, 3.63) is 18.2 Å². The second-order valence-electron chi connectivity index (χ2n) is 7.15. The second kappa shape index (κ2) is 6.09. The average molecular weight is 290 g/mol. The molecular formula is C17H30N4. The Kier molecular flexibility index (Phi) is 4.36. The molecular weight excluding hydrogens is 260 g/mol. The number of aryl methyl sites for hydroxylation is 1. The van der Waals surface area contributed by atoms with Crippen LogP contribution in [0.5, 0.6) is 0 Å². The van der Waals surface area contributed by atoms with E-state index >= 15 is 0 Å². The smallest absolute Gasteiger partial charge is 0.105 e. The molecule has 1 saturated heterocycles. The molecule has 2 heterocycles. The summed E-state index contributed by atoms with van der Waals surface area (Å²) in [6, 6.07) is 0.700. The fourth-order valence-corrected chi connectivity index (χ4v) is 3.84. The Balaban J connectivity index is 1.64. The molecule has 1 aromatic rings. The van der Waals surface area contributed by atoms with Crippen molar-refractivity contribution in [2.45, 2.75) is 64.6 Å². The molecule has 1 aliphatic heterocycles. The summed E-state index contributed by atoms with van der Waals surface area (Å²) in [7, 11) is 0. The van der Waals surface area contributed by atoms with E-state index in [4.69, 9.17) is 0 Å². The molecule has 2 fully saturated rings. The van der Waals surface area contributed by atoms with Gasteiger partial charge in [-0.05, 0) is 39.0 Å². The predicted molar refractivity (Wildman–Crippen MR) is 86.4 cm³/mol. The lowest BCUT2D eigenvalue weighted by molar-refractivity contribution is 0.0671. The van der Waals surface area contributed by atoms with Gasteiger partial charge in [0.05, 0.1) is 0 Å². The van der Waals surface area contributed by atoms with Gasteiger partial charge in [-0.3, -0.25) is 4.90 Å². The van der Waals surface area contributed by atoms with E-state index in [0.717, 1.165) is 31.4 Å². The molecule has 1 N–H and O–H groups in total. The van der Waals surface area contributed by atoms with E-state index in [0.29, 0.717) is 11.6 Å². The average Bonchev–Trinajstić information content (AvgIpc) is 3.24. The van der Waals surface area contributed by atoms with E-state index in [-0.39, 0.29) is 0 Å². The van der Waals surface area contributed by atoms with Gasteiger partial charge >= 0.3 is 0 Å². The minimum atomic E-state index is 0.341. The van der Waals surface area contributed by atoms with Crippen molar-refractivity contribution in [2.24, 2.45) is 5.92 Å². The Labute approximate surface area is 128 Å². The Morgan fingerprint density at radius 1 is 1.38 bits per heavy atom. The van der Waals surface area contributed by atoms with Crippen LogP contribution in [-0.4, -0.2) is 45.7 Å². The maximum Gasteiger partial charge on any atom is 0.105 e. The number of nitrogens with one attached hydrogen (secondary N) is 1.